The van der Waals surface area contributed by atoms with Crippen molar-refractivity contribution in [2.24, 2.45) is 10.2 Å². The van der Waals surface area contributed by atoms with Crippen molar-refractivity contribution in [2.75, 3.05) is 0 Å². The van der Waals surface area contributed by atoms with E-state index in [1.54, 1.807) is 30.5 Å². The second-order valence-electron chi connectivity index (χ2n) is 8.42. The molecule has 1 aromatic heterocycles. The highest BCUT2D eigenvalue weighted by Crippen LogP contribution is 2.28. The molecule has 2 heterocycles. The first kappa shape index (κ1) is 25.2. The summed E-state index contributed by atoms with van der Waals surface area (Å²) in [5.41, 5.74) is 7.59. The first-order chi connectivity index (χ1) is 16.7. The van der Waals surface area contributed by atoms with Gasteiger partial charge in [0, 0.05) is 27.5 Å². The minimum atomic E-state index is -2.45. The Morgan fingerprint density at radius 2 is 1.86 bits per heavy atom. The summed E-state index contributed by atoms with van der Waals surface area (Å²) in [6, 6.07) is 15.3. The number of thioether (sulfide) groups is 2. The number of carbonyl (C=O) groups is 1. The molecule has 1 saturated heterocycles. The predicted molar refractivity (Wildman–Crippen MR) is 141 cm³/mol. The Kier molecular flexibility index (Phi) is 7.76. The predicted octanol–water partition coefficient (Wildman–Crippen LogP) is 6.19. The molecular formula is C26H26F2N4OS2. The average Bonchev–Trinajstić information content (AvgIpc) is 3.27. The van der Waals surface area contributed by atoms with Gasteiger partial charge in [-0.25, -0.2) is 0 Å². The SMILES string of the molecule is Cc1ccc(-n2c(C)cc(/C=N\N=C3/NC(=O)[C@@H](Cc4ccc(SC(F)F)cc4)S3)c2C)c(C)c1. The molecule has 1 amide bonds. The van der Waals surface area contributed by atoms with E-state index < -0.39 is 5.76 Å². The number of nitrogens with zero attached hydrogens (tertiary/aromatic N) is 3. The molecule has 2 aromatic carbocycles. The molecule has 9 heteroatoms. The summed E-state index contributed by atoms with van der Waals surface area (Å²) in [7, 11) is 0. The van der Waals surface area contributed by atoms with Crippen LogP contribution in [0.5, 0.6) is 0 Å². The fraction of sp³-hybridized carbons (Fsp3) is 0.269. The van der Waals surface area contributed by atoms with Crippen LogP contribution in [0.3, 0.4) is 0 Å². The lowest BCUT2D eigenvalue weighted by Gasteiger charge is -2.13. The van der Waals surface area contributed by atoms with Crippen LogP contribution in [-0.2, 0) is 11.2 Å². The molecule has 5 nitrogen and oxygen atoms in total. The summed E-state index contributed by atoms with van der Waals surface area (Å²) in [6.07, 6.45) is 2.19. The zero-order valence-electron chi connectivity index (χ0n) is 19.9. The number of amides is 1. The van der Waals surface area contributed by atoms with Crippen molar-refractivity contribution in [3.8, 4) is 5.69 Å². The first-order valence-corrected chi connectivity index (χ1v) is 12.9. The Morgan fingerprint density at radius 3 is 2.54 bits per heavy atom. The number of halogens is 2. The smallest absolute Gasteiger partial charge is 0.288 e. The van der Waals surface area contributed by atoms with Gasteiger partial charge in [-0.05, 0) is 69.5 Å². The maximum absolute atomic E-state index is 12.5. The van der Waals surface area contributed by atoms with Crippen LogP contribution in [0.15, 0.2) is 63.6 Å². The molecule has 1 atom stereocenters. The third-order valence-corrected chi connectivity index (χ3v) is 7.55. The molecule has 4 rings (SSSR count). The van der Waals surface area contributed by atoms with E-state index in [0.29, 0.717) is 28.2 Å². The van der Waals surface area contributed by atoms with E-state index in [0.717, 1.165) is 28.2 Å². The van der Waals surface area contributed by atoms with Gasteiger partial charge in [0.05, 0.1) is 11.5 Å². The van der Waals surface area contributed by atoms with Gasteiger partial charge >= 0.3 is 0 Å². The van der Waals surface area contributed by atoms with E-state index in [1.807, 2.05) is 6.92 Å². The largest absolute Gasteiger partial charge is 0.318 e. The van der Waals surface area contributed by atoms with Crippen LogP contribution in [0.2, 0.25) is 0 Å². The van der Waals surface area contributed by atoms with E-state index in [1.165, 1.54) is 22.9 Å². The first-order valence-electron chi connectivity index (χ1n) is 11.1. The van der Waals surface area contributed by atoms with Crippen LogP contribution in [-0.4, -0.2) is 32.9 Å². The van der Waals surface area contributed by atoms with Gasteiger partial charge in [-0.1, -0.05) is 53.4 Å². The van der Waals surface area contributed by atoms with Crippen LogP contribution in [0.4, 0.5) is 8.78 Å². The molecule has 0 saturated carbocycles. The number of aromatic nitrogens is 1. The summed E-state index contributed by atoms with van der Waals surface area (Å²) in [6.45, 7) is 8.30. The third-order valence-electron chi connectivity index (χ3n) is 5.75. The standard InChI is InChI=1S/C26H26F2N4OS2/c1-15-5-10-22(16(2)11-15)32-17(3)12-20(18(32)4)14-29-31-26-30-24(33)23(35-26)13-19-6-8-21(9-7-19)34-25(27)28/h5-12,14,23,25H,13H2,1-4H3,(H,30,31,33)/b29-14-/t23-/m1/s1. The maximum Gasteiger partial charge on any atom is 0.288 e. The van der Waals surface area contributed by atoms with Crippen LogP contribution in [0.25, 0.3) is 5.69 Å². The van der Waals surface area contributed by atoms with Crippen molar-refractivity contribution in [1.29, 1.82) is 0 Å². The summed E-state index contributed by atoms with van der Waals surface area (Å²) >= 11 is 1.83. The highest BCUT2D eigenvalue weighted by molar-refractivity contribution is 8.15. The monoisotopic (exact) mass is 512 g/mol. The number of alkyl halides is 2. The van der Waals surface area contributed by atoms with E-state index in [4.69, 9.17) is 0 Å². The summed E-state index contributed by atoms with van der Waals surface area (Å²) in [5, 5.41) is 11.3. The highest BCUT2D eigenvalue weighted by atomic mass is 32.2. The Bertz CT molecular complexity index is 1300. The number of hydrogen-bond donors (Lipinski definition) is 1. The normalized spacial score (nSPS) is 17.2. The number of rotatable bonds is 7. The lowest BCUT2D eigenvalue weighted by molar-refractivity contribution is -0.118. The summed E-state index contributed by atoms with van der Waals surface area (Å²) in [5.74, 6) is -2.59. The maximum atomic E-state index is 12.5. The Balaban J connectivity index is 1.43. The molecule has 1 fully saturated rings. The van der Waals surface area contributed by atoms with Crippen LogP contribution in [0, 0.1) is 27.7 Å². The number of nitrogens with one attached hydrogen (secondary N) is 1. The summed E-state index contributed by atoms with van der Waals surface area (Å²) in [4.78, 5) is 12.9. The zero-order valence-corrected chi connectivity index (χ0v) is 21.5. The second kappa shape index (κ2) is 10.8. The van der Waals surface area contributed by atoms with Gasteiger partial charge in [0.1, 0.15) is 0 Å². The van der Waals surface area contributed by atoms with Crippen molar-refractivity contribution < 1.29 is 13.6 Å². The molecule has 0 bridgehead atoms. The van der Waals surface area contributed by atoms with Crippen molar-refractivity contribution in [3.05, 3.63) is 82.2 Å². The molecule has 3 aromatic rings. The topological polar surface area (TPSA) is 58.8 Å². The molecule has 0 aliphatic carbocycles. The van der Waals surface area contributed by atoms with Crippen molar-refractivity contribution >= 4 is 40.8 Å². The fourth-order valence-corrected chi connectivity index (χ4v) is 5.56. The zero-order chi connectivity index (χ0) is 25.1. The van der Waals surface area contributed by atoms with Gasteiger partial charge < -0.3 is 9.88 Å². The third kappa shape index (κ3) is 6.02. The number of hydrogen-bond acceptors (Lipinski definition) is 5. The molecular weight excluding hydrogens is 486 g/mol. The lowest BCUT2D eigenvalue weighted by atomic mass is 10.1. The van der Waals surface area contributed by atoms with Crippen molar-refractivity contribution in [2.45, 2.75) is 50.0 Å². The van der Waals surface area contributed by atoms with E-state index in [2.05, 4.69) is 65.1 Å². The Hall–Kier alpha value is -2.91. The van der Waals surface area contributed by atoms with Gasteiger partial charge in [-0.3, -0.25) is 4.79 Å². The number of carbonyl (C=O) groups excluding carboxylic acids is 1. The second-order valence-corrected chi connectivity index (χ2v) is 10.7. The number of aryl methyl sites for hydroxylation is 3. The average molecular weight is 513 g/mol. The minimum Gasteiger partial charge on any atom is -0.318 e. The van der Waals surface area contributed by atoms with E-state index in [-0.39, 0.29) is 11.2 Å². The van der Waals surface area contributed by atoms with Crippen molar-refractivity contribution in [1.82, 2.24) is 9.88 Å². The van der Waals surface area contributed by atoms with E-state index >= 15 is 0 Å². The highest BCUT2D eigenvalue weighted by Gasteiger charge is 2.30. The quantitative estimate of drug-likeness (QED) is 0.233. The molecule has 35 heavy (non-hydrogen) atoms. The molecule has 0 unspecified atom stereocenters. The molecule has 1 aliphatic rings. The minimum absolute atomic E-state index is 0.136. The molecule has 0 radical (unpaired) electrons. The summed E-state index contributed by atoms with van der Waals surface area (Å²) < 4.78 is 27.2. The van der Waals surface area contributed by atoms with Gasteiger partial charge in [0.2, 0.25) is 5.91 Å². The Labute approximate surface area is 212 Å². The number of amidine groups is 1. The van der Waals surface area contributed by atoms with Crippen LogP contribution in [0.1, 0.15) is 33.6 Å². The van der Waals surface area contributed by atoms with Crippen molar-refractivity contribution in [3.63, 3.8) is 0 Å². The van der Waals surface area contributed by atoms with E-state index in [9.17, 15) is 13.6 Å². The molecule has 0 spiro atoms. The molecule has 1 aliphatic heterocycles. The van der Waals surface area contributed by atoms with Gasteiger partial charge in [0.25, 0.3) is 5.76 Å². The van der Waals surface area contributed by atoms with Gasteiger partial charge in [0.15, 0.2) is 5.17 Å². The van der Waals surface area contributed by atoms with Crippen LogP contribution >= 0.6 is 23.5 Å². The lowest BCUT2D eigenvalue weighted by Crippen LogP contribution is -2.25. The van der Waals surface area contributed by atoms with Crippen LogP contribution < -0.4 is 5.32 Å². The van der Waals surface area contributed by atoms with Gasteiger partial charge in [-0.2, -0.15) is 13.9 Å². The number of benzene rings is 2. The van der Waals surface area contributed by atoms with Gasteiger partial charge in [-0.15, -0.1) is 5.10 Å². The Morgan fingerprint density at radius 1 is 1.11 bits per heavy atom. The molecule has 182 valence electrons. The molecule has 1 N–H and O–H groups in total. The fourth-order valence-electron chi connectivity index (χ4n) is 4.10.